The lowest BCUT2D eigenvalue weighted by Gasteiger charge is -2.08. The van der Waals surface area contributed by atoms with Crippen LogP contribution in [0.5, 0.6) is 0 Å². The summed E-state index contributed by atoms with van der Waals surface area (Å²) < 4.78 is 2.66. The Morgan fingerprint density at radius 1 is 1.06 bits per heavy atom. The van der Waals surface area contributed by atoms with Gasteiger partial charge in [-0.05, 0) is 29.7 Å². The van der Waals surface area contributed by atoms with Gasteiger partial charge in [-0.1, -0.05) is 42.5 Å². The zero-order valence-electron chi connectivity index (χ0n) is 17.4. The first-order valence-corrected chi connectivity index (χ1v) is 11.1. The predicted octanol–water partition coefficient (Wildman–Crippen LogP) is 5.12. The third-order valence-corrected chi connectivity index (χ3v) is 6.36. The summed E-state index contributed by atoms with van der Waals surface area (Å²) in [6.45, 7) is 0. The van der Waals surface area contributed by atoms with E-state index < -0.39 is 0 Å². The lowest BCUT2D eigenvalue weighted by Crippen LogP contribution is -2.12. The number of benzene rings is 2. The highest BCUT2D eigenvalue weighted by Crippen LogP contribution is 2.37. The van der Waals surface area contributed by atoms with E-state index in [-0.39, 0.29) is 5.91 Å². The van der Waals surface area contributed by atoms with Crippen molar-refractivity contribution in [3.63, 3.8) is 0 Å². The molecule has 0 fully saturated rings. The highest BCUT2D eigenvalue weighted by molar-refractivity contribution is 7.18. The second-order valence-corrected chi connectivity index (χ2v) is 8.51. The van der Waals surface area contributed by atoms with Gasteiger partial charge in [0.25, 0.3) is 5.91 Å². The molecular weight excluding hydrogens is 418 g/mol. The number of carbonyl (C=O) groups is 1. The maximum atomic E-state index is 13.1. The normalized spacial score (nSPS) is 11.0. The minimum atomic E-state index is -0.205. The number of aryl methyl sites for hydroxylation is 1. The van der Waals surface area contributed by atoms with E-state index >= 15 is 0 Å². The number of carbonyl (C=O) groups excluding carboxylic acids is 1. The zero-order valence-corrected chi connectivity index (χ0v) is 18.3. The van der Waals surface area contributed by atoms with Gasteiger partial charge in [-0.2, -0.15) is 5.10 Å². The number of nitrogen functional groups attached to an aromatic ring is 1. The van der Waals surface area contributed by atoms with Gasteiger partial charge in [0.2, 0.25) is 0 Å². The molecule has 5 rings (SSSR count). The number of nitrogens with two attached hydrogens (primary N) is 1. The van der Waals surface area contributed by atoms with Gasteiger partial charge in [-0.15, -0.1) is 11.3 Å². The summed E-state index contributed by atoms with van der Waals surface area (Å²) in [5.74, 6) is 0.140. The van der Waals surface area contributed by atoms with Crippen molar-refractivity contribution >= 4 is 38.8 Å². The second kappa shape index (κ2) is 8.28. The van der Waals surface area contributed by atoms with Crippen LogP contribution in [0.15, 0.2) is 78.6 Å². The number of aromatic nitrogens is 3. The highest BCUT2D eigenvalue weighted by atomic mass is 32.1. The Labute approximate surface area is 189 Å². The van der Waals surface area contributed by atoms with E-state index in [0.717, 1.165) is 27.9 Å². The number of hydrogen-bond acceptors (Lipinski definition) is 5. The molecule has 0 bridgehead atoms. The van der Waals surface area contributed by atoms with E-state index in [9.17, 15) is 4.79 Å². The van der Waals surface area contributed by atoms with Crippen molar-refractivity contribution in [2.45, 2.75) is 6.42 Å². The first-order chi connectivity index (χ1) is 15.6. The van der Waals surface area contributed by atoms with Gasteiger partial charge in [0.05, 0.1) is 11.8 Å². The highest BCUT2D eigenvalue weighted by Gasteiger charge is 2.19. The Balaban J connectivity index is 1.39. The molecule has 3 heterocycles. The maximum Gasteiger partial charge on any atom is 0.257 e. The number of rotatable bonds is 5. The molecule has 3 N–H and O–H groups in total. The van der Waals surface area contributed by atoms with Crippen LogP contribution < -0.4 is 11.1 Å². The molecule has 32 heavy (non-hydrogen) atoms. The summed E-state index contributed by atoms with van der Waals surface area (Å²) in [5, 5.41) is 9.73. The van der Waals surface area contributed by atoms with Gasteiger partial charge in [0.1, 0.15) is 5.82 Å². The first-order valence-electron chi connectivity index (χ1n) is 10.2. The van der Waals surface area contributed by atoms with Crippen LogP contribution in [0.3, 0.4) is 0 Å². The Kier molecular flexibility index (Phi) is 5.17. The van der Waals surface area contributed by atoms with E-state index in [0.29, 0.717) is 16.8 Å². The number of nitrogens with one attached hydrogen (secondary N) is 1. The first kappa shape index (κ1) is 20.0. The molecule has 0 aliphatic rings. The van der Waals surface area contributed by atoms with Crippen molar-refractivity contribution < 1.29 is 4.79 Å². The topological polar surface area (TPSA) is 85.8 Å². The molecule has 1 amide bonds. The summed E-state index contributed by atoms with van der Waals surface area (Å²) in [5.41, 5.74) is 11.7. The summed E-state index contributed by atoms with van der Waals surface area (Å²) in [7, 11) is 1.86. The number of pyridine rings is 1. The number of hydrogen-bond donors (Lipinski definition) is 2. The molecule has 0 saturated heterocycles. The Bertz CT molecular complexity index is 1400. The van der Waals surface area contributed by atoms with Crippen LogP contribution in [0, 0.1) is 0 Å². The molecule has 0 spiro atoms. The second-order valence-electron chi connectivity index (χ2n) is 7.63. The lowest BCUT2D eigenvalue weighted by atomic mass is 10.0. The minimum Gasteiger partial charge on any atom is -0.383 e. The van der Waals surface area contributed by atoms with Crippen molar-refractivity contribution in [3.05, 3.63) is 95.3 Å². The van der Waals surface area contributed by atoms with Crippen LogP contribution in [0.25, 0.3) is 21.2 Å². The van der Waals surface area contributed by atoms with Crippen molar-refractivity contribution in [3.8, 4) is 11.1 Å². The van der Waals surface area contributed by atoms with Crippen LogP contribution in [-0.4, -0.2) is 20.7 Å². The van der Waals surface area contributed by atoms with Crippen molar-refractivity contribution in [1.82, 2.24) is 14.8 Å². The van der Waals surface area contributed by atoms with Gasteiger partial charge in [0.15, 0.2) is 0 Å². The van der Waals surface area contributed by atoms with Gasteiger partial charge >= 0.3 is 0 Å². The molecule has 0 saturated carbocycles. The molecule has 0 unspecified atom stereocenters. The Morgan fingerprint density at radius 3 is 2.53 bits per heavy atom. The molecule has 0 aliphatic carbocycles. The average Bonchev–Trinajstić information content (AvgIpc) is 3.44. The standard InChI is InChI=1S/C25H21N5OS/c1-30-14-18(12-28-30)20-13-27-24(26)22-21(15-32-23(20)22)25(31)29-19-9-7-17(8-10-19)11-16-5-3-2-4-6-16/h2-10,12-15H,11H2,1H3,(H2,26,27)(H,29,31). The van der Waals surface area contributed by atoms with Crippen LogP contribution in [-0.2, 0) is 13.5 Å². The van der Waals surface area contributed by atoms with Crippen molar-refractivity contribution in [2.24, 2.45) is 7.05 Å². The molecule has 5 aromatic rings. The molecule has 0 aliphatic heterocycles. The zero-order chi connectivity index (χ0) is 22.1. The van der Waals surface area contributed by atoms with Gasteiger partial charge in [-0.3, -0.25) is 9.48 Å². The number of nitrogens with zero attached hydrogens (tertiary/aromatic N) is 3. The van der Waals surface area contributed by atoms with E-state index in [1.165, 1.54) is 22.5 Å². The Morgan fingerprint density at radius 2 is 1.81 bits per heavy atom. The molecule has 158 valence electrons. The van der Waals surface area contributed by atoms with Crippen LogP contribution >= 0.6 is 11.3 Å². The quantitative estimate of drug-likeness (QED) is 0.398. The average molecular weight is 440 g/mol. The van der Waals surface area contributed by atoms with Gasteiger partial charge < -0.3 is 11.1 Å². The number of thiophene rings is 1. The molecule has 6 nitrogen and oxygen atoms in total. The maximum absolute atomic E-state index is 13.1. The largest absolute Gasteiger partial charge is 0.383 e. The fraction of sp³-hybridized carbons (Fsp3) is 0.0800. The Hall–Kier alpha value is -3.97. The molecule has 2 aromatic carbocycles. The lowest BCUT2D eigenvalue weighted by molar-refractivity contribution is 0.102. The van der Waals surface area contributed by atoms with E-state index in [1.54, 1.807) is 17.1 Å². The molecule has 0 atom stereocenters. The smallest absolute Gasteiger partial charge is 0.257 e. The fourth-order valence-electron chi connectivity index (χ4n) is 3.74. The fourth-order valence-corrected chi connectivity index (χ4v) is 4.83. The van der Waals surface area contributed by atoms with E-state index in [4.69, 9.17) is 5.73 Å². The molecule has 7 heteroatoms. The molecule has 0 radical (unpaired) electrons. The molecule has 3 aromatic heterocycles. The van der Waals surface area contributed by atoms with Crippen LogP contribution in [0.4, 0.5) is 11.5 Å². The summed E-state index contributed by atoms with van der Waals surface area (Å²) in [4.78, 5) is 17.4. The van der Waals surface area contributed by atoms with Crippen molar-refractivity contribution in [2.75, 3.05) is 11.1 Å². The van der Waals surface area contributed by atoms with Gasteiger partial charge in [-0.25, -0.2) is 4.98 Å². The molecular formula is C25H21N5OS. The van der Waals surface area contributed by atoms with E-state index in [1.807, 2.05) is 61.1 Å². The monoisotopic (exact) mass is 439 g/mol. The third-order valence-electron chi connectivity index (χ3n) is 5.35. The van der Waals surface area contributed by atoms with E-state index in [2.05, 4.69) is 27.5 Å². The van der Waals surface area contributed by atoms with Crippen LogP contribution in [0.2, 0.25) is 0 Å². The third kappa shape index (κ3) is 3.86. The summed E-state index contributed by atoms with van der Waals surface area (Å²) in [6.07, 6.45) is 6.29. The van der Waals surface area contributed by atoms with Crippen molar-refractivity contribution in [1.29, 1.82) is 0 Å². The summed E-state index contributed by atoms with van der Waals surface area (Å²) >= 11 is 1.48. The summed E-state index contributed by atoms with van der Waals surface area (Å²) in [6, 6.07) is 18.2. The number of fused-ring (bicyclic) bond motifs is 1. The SMILES string of the molecule is Cn1cc(-c2cnc(N)c3c(C(=O)Nc4ccc(Cc5ccccc5)cc4)csc23)cn1. The van der Waals surface area contributed by atoms with Gasteiger partial charge in [0, 0.05) is 51.7 Å². The number of anilines is 2. The van der Waals surface area contributed by atoms with Crippen LogP contribution in [0.1, 0.15) is 21.5 Å². The predicted molar refractivity (Wildman–Crippen MR) is 130 cm³/mol. The number of amides is 1. The minimum absolute atomic E-state index is 0.205.